The Bertz CT molecular complexity index is 35.5. The molecule has 0 saturated heterocycles. The van der Waals surface area contributed by atoms with Gasteiger partial charge in [-0.25, -0.2) is 0 Å². The van der Waals surface area contributed by atoms with E-state index >= 15 is 0 Å². The minimum Gasteiger partial charge on any atom is -0.323 e. The second-order valence-corrected chi connectivity index (χ2v) is 9.29. The maximum absolute atomic E-state index is 2.67. The van der Waals surface area contributed by atoms with Crippen molar-refractivity contribution in [3.8, 4) is 0 Å². The molecule has 0 aromatic carbocycles. The molecule has 0 spiro atoms. The first-order chi connectivity index (χ1) is 3.65. The molecule has 0 amide bonds. The quantitative estimate of drug-likeness (QED) is 0.352. The van der Waals surface area contributed by atoms with E-state index in [2.05, 4.69) is 38.6 Å². The van der Waals surface area contributed by atoms with Crippen LogP contribution >= 0.6 is 33.8 Å². The molecule has 0 rings (SSSR count). The minimum absolute atomic E-state index is 0. The molecule has 0 aliphatic carbocycles. The van der Waals surface area contributed by atoms with Crippen LogP contribution in [0.5, 0.6) is 0 Å². The van der Waals surface area contributed by atoms with Crippen molar-refractivity contribution in [1.82, 2.24) is 0 Å². The Labute approximate surface area is 187 Å². The van der Waals surface area contributed by atoms with E-state index in [0.717, 1.165) is 15.9 Å². The molecule has 4 unspecified atom stereocenters. The van der Waals surface area contributed by atoms with Crippen molar-refractivity contribution >= 4 is 33.8 Å². The van der Waals surface area contributed by atoms with E-state index in [9.17, 15) is 0 Å². The molecular weight excluding hydrogens is 528 g/mol. The normalized spacial score (nSPS) is 7.50. The molecule has 0 aromatic heterocycles. The van der Waals surface area contributed by atoms with E-state index in [0.29, 0.717) is 0 Å². The van der Waals surface area contributed by atoms with Gasteiger partial charge in [-0.3, -0.25) is 0 Å². The second kappa shape index (κ2) is 36.0. The third kappa shape index (κ3) is 72.6. The summed E-state index contributed by atoms with van der Waals surface area (Å²) in [6, 6.07) is 0. The standard InChI is InChI=1S/C4H9.H6P4.4Y/c1-4(2)3;1-3-4-2;;;;/h1-3H3;3-4H,1-2H2;;;;/q-1;;;;;. The van der Waals surface area contributed by atoms with Gasteiger partial charge in [-0.2, -0.15) is 20.8 Å². The summed E-state index contributed by atoms with van der Waals surface area (Å²) in [6.07, 6.45) is 0. The molecule has 4 atom stereocenters. The summed E-state index contributed by atoms with van der Waals surface area (Å²) in [5, 5.41) is 0. The first-order valence-corrected chi connectivity index (χ1v) is 8.95. The predicted octanol–water partition coefficient (Wildman–Crippen LogP) is 3.45. The van der Waals surface area contributed by atoms with Gasteiger partial charge in [0.05, 0.1) is 0 Å². The maximum Gasteiger partial charge on any atom is 0 e. The van der Waals surface area contributed by atoms with E-state index < -0.39 is 0 Å². The van der Waals surface area contributed by atoms with Crippen LogP contribution in [0.1, 0.15) is 20.8 Å². The molecule has 0 N–H and O–H groups in total. The van der Waals surface area contributed by atoms with Gasteiger partial charge >= 0.3 is 0 Å². The van der Waals surface area contributed by atoms with Crippen molar-refractivity contribution in [2.45, 2.75) is 20.8 Å². The van der Waals surface area contributed by atoms with Crippen molar-refractivity contribution in [2.24, 2.45) is 0 Å². The van der Waals surface area contributed by atoms with Crippen LogP contribution in [0, 0.1) is 5.92 Å². The van der Waals surface area contributed by atoms with Crippen LogP contribution < -0.4 is 0 Å². The van der Waals surface area contributed by atoms with E-state index in [1.165, 1.54) is 5.92 Å². The molecule has 8 heteroatoms. The fourth-order valence-corrected chi connectivity index (χ4v) is 0. The third-order valence-electron chi connectivity index (χ3n) is 0.0833. The first-order valence-electron chi connectivity index (χ1n) is 2.33. The molecule has 0 nitrogen and oxygen atoms in total. The van der Waals surface area contributed by atoms with Crippen LogP contribution in [0.3, 0.4) is 0 Å². The number of hydrogen-bond acceptors (Lipinski definition) is 0. The monoisotopic (exact) mass is 543 g/mol. The molecule has 0 bridgehead atoms. The zero-order valence-corrected chi connectivity index (χ0v) is 23.6. The summed E-state index contributed by atoms with van der Waals surface area (Å²) in [5.41, 5.74) is 0. The SMILES string of the molecule is C[C-](C)C.PPPP.[Y].[Y].[Y].[Y]. The van der Waals surface area contributed by atoms with Gasteiger partial charge in [-0.15, -0.1) is 17.9 Å². The summed E-state index contributed by atoms with van der Waals surface area (Å²) in [7, 11) is 7.44. The molecular formula is C4H15P4Y4-. The van der Waals surface area contributed by atoms with Crippen LogP contribution in [-0.2, 0) is 131 Å². The molecule has 0 saturated carbocycles. The predicted molar refractivity (Wildman–Crippen MR) is 56.3 cm³/mol. The van der Waals surface area contributed by atoms with Crippen LogP contribution in [0.2, 0.25) is 0 Å². The van der Waals surface area contributed by atoms with Gasteiger partial charge < -0.3 is 5.92 Å². The number of hydrogen-bond donors (Lipinski definition) is 0. The van der Waals surface area contributed by atoms with E-state index in [1.54, 1.807) is 0 Å². The summed E-state index contributed by atoms with van der Waals surface area (Å²) in [4.78, 5) is 0. The zero-order valence-electron chi connectivity index (χ0n) is 7.96. The average molecular weight is 543 g/mol. The van der Waals surface area contributed by atoms with Gasteiger partial charge in [0.2, 0.25) is 0 Å². The maximum atomic E-state index is 2.67. The van der Waals surface area contributed by atoms with E-state index in [4.69, 9.17) is 0 Å². The molecule has 0 heterocycles. The van der Waals surface area contributed by atoms with Crippen molar-refractivity contribution in [1.29, 1.82) is 0 Å². The molecule has 64 valence electrons. The molecule has 0 aromatic rings. The van der Waals surface area contributed by atoms with E-state index in [1.807, 2.05) is 0 Å². The summed E-state index contributed by atoms with van der Waals surface area (Å²) >= 11 is 0. The Kier molecular flexibility index (Phi) is 108. The Morgan fingerprint density at radius 2 is 0.833 bits per heavy atom. The van der Waals surface area contributed by atoms with Crippen LogP contribution in [-0.4, -0.2) is 0 Å². The molecule has 12 heavy (non-hydrogen) atoms. The van der Waals surface area contributed by atoms with E-state index in [-0.39, 0.29) is 131 Å². The number of rotatable bonds is 1. The Morgan fingerprint density at radius 1 is 0.750 bits per heavy atom. The smallest absolute Gasteiger partial charge is 0 e. The molecule has 4 radical (unpaired) electrons. The van der Waals surface area contributed by atoms with Gasteiger partial charge in [0.15, 0.2) is 0 Å². The summed E-state index contributed by atoms with van der Waals surface area (Å²) in [6.45, 7) is 6.25. The minimum atomic E-state index is 0. The largest absolute Gasteiger partial charge is 0.323 e. The third-order valence-corrected chi connectivity index (χ3v) is 6.75. The summed E-state index contributed by atoms with van der Waals surface area (Å²) in [5.74, 6) is 1.42. The first kappa shape index (κ1) is 36.2. The topological polar surface area (TPSA) is 0 Å². The van der Waals surface area contributed by atoms with Crippen molar-refractivity contribution in [3.05, 3.63) is 5.92 Å². The van der Waals surface area contributed by atoms with Crippen molar-refractivity contribution in [3.63, 3.8) is 0 Å². The second-order valence-electron chi connectivity index (χ2n) is 1.79. The van der Waals surface area contributed by atoms with Crippen LogP contribution in [0.15, 0.2) is 0 Å². The van der Waals surface area contributed by atoms with Gasteiger partial charge in [0, 0.05) is 131 Å². The van der Waals surface area contributed by atoms with Gasteiger partial charge in [-0.05, 0) is 0 Å². The van der Waals surface area contributed by atoms with Gasteiger partial charge in [0.25, 0.3) is 0 Å². The Morgan fingerprint density at radius 3 is 0.833 bits per heavy atom. The molecule has 0 aliphatic rings. The van der Waals surface area contributed by atoms with Crippen LogP contribution in [0.25, 0.3) is 0 Å². The molecule has 0 aliphatic heterocycles. The Balaban J connectivity index is -0.0000000112. The van der Waals surface area contributed by atoms with Crippen LogP contribution in [0.4, 0.5) is 0 Å². The summed E-state index contributed by atoms with van der Waals surface area (Å²) < 4.78 is 0. The van der Waals surface area contributed by atoms with Gasteiger partial charge in [-0.1, -0.05) is 15.9 Å². The molecule has 0 fully saturated rings. The average Bonchev–Trinajstić information content (AvgIpc) is 1.65. The van der Waals surface area contributed by atoms with Crippen molar-refractivity contribution in [2.75, 3.05) is 0 Å². The van der Waals surface area contributed by atoms with Crippen molar-refractivity contribution < 1.29 is 131 Å². The Hall–Kier alpha value is 6.14. The van der Waals surface area contributed by atoms with Gasteiger partial charge in [0.1, 0.15) is 0 Å². The fourth-order valence-electron chi connectivity index (χ4n) is 0. The fraction of sp³-hybridized carbons (Fsp3) is 0.750. The zero-order chi connectivity index (χ0) is 6.99.